The summed E-state index contributed by atoms with van der Waals surface area (Å²) in [7, 11) is 1.53. The van der Waals surface area contributed by atoms with Gasteiger partial charge < -0.3 is 14.8 Å². The topological polar surface area (TPSA) is 64.6 Å². The maximum atomic E-state index is 12.0. The zero-order chi connectivity index (χ0) is 16.8. The molecule has 126 valence electrons. The summed E-state index contributed by atoms with van der Waals surface area (Å²) >= 11 is 0. The number of benzene rings is 1. The van der Waals surface area contributed by atoms with Crippen LogP contribution in [0.2, 0.25) is 0 Å². The fourth-order valence-corrected chi connectivity index (χ4v) is 3.00. The number of amides is 1. The molecule has 1 saturated carbocycles. The Hall–Kier alpha value is -2.04. The first-order valence-electron chi connectivity index (χ1n) is 8.11. The molecule has 5 heteroatoms. The monoisotopic (exact) mass is 319 g/mol. The van der Waals surface area contributed by atoms with Crippen LogP contribution >= 0.6 is 0 Å². The lowest BCUT2D eigenvalue weighted by Gasteiger charge is -2.34. The van der Waals surface area contributed by atoms with Crippen molar-refractivity contribution in [1.82, 2.24) is 5.32 Å². The summed E-state index contributed by atoms with van der Waals surface area (Å²) < 4.78 is 10.2. The first-order valence-corrected chi connectivity index (χ1v) is 8.11. The molecule has 0 saturated heterocycles. The first-order chi connectivity index (χ1) is 11.0. The van der Waals surface area contributed by atoms with Crippen LogP contribution < -0.4 is 10.1 Å². The van der Waals surface area contributed by atoms with Crippen molar-refractivity contribution in [2.24, 2.45) is 11.8 Å². The second-order valence-electron chi connectivity index (χ2n) is 6.25. The van der Waals surface area contributed by atoms with Crippen LogP contribution in [0, 0.1) is 11.8 Å². The lowest BCUT2D eigenvalue weighted by Crippen LogP contribution is -2.45. The van der Waals surface area contributed by atoms with Crippen molar-refractivity contribution in [3.8, 4) is 5.75 Å². The Morgan fingerprint density at radius 1 is 1.26 bits per heavy atom. The van der Waals surface area contributed by atoms with E-state index in [4.69, 9.17) is 9.47 Å². The maximum absolute atomic E-state index is 12.0. The summed E-state index contributed by atoms with van der Waals surface area (Å²) in [6, 6.07) is 6.84. The van der Waals surface area contributed by atoms with Crippen LogP contribution in [0.1, 0.15) is 43.5 Å². The molecule has 0 spiro atoms. The smallest absolute Gasteiger partial charge is 0.338 e. The van der Waals surface area contributed by atoms with Crippen molar-refractivity contribution < 1.29 is 19.1 Å². The highest BCUT2D eigenvalue weighted by atomic mass is 16.5. The highest BCUT2D eigenvalue weighted by Gasteiger charge is 2.28. The van der Waals surface area contributed by atoms with Crippen molar-refractivity contribution in [1.29, 1.82) is 0 Å². The lowest BCUT2D eigenvalue weighted by molar-refractivity contribution is -0.125. The molecule has 1 aromatic rings. The number of hydrogen-bond donors (Lipinski definition) is 1. The third kappa shape index (κ3) is 4.71. The molecule has 0 aromatic heterocycles. The minimum absolute atomic E-state index is 0.168. The largest absolute Gasteiger partial charge is 0.497 e. The summed E-state index contributed by atoms with van der Waals surface area (Å²) in [5.74, 6) is 0.861. The average Bonchev–Trinajstić information content (AvgIpc) is 2.57. The van der Waals surface area contributed by atoms with Crippen LogP contribution in [0.15, 0.2) is 24.3 Å². The van der Waals surface area contributed by atoms with Crippen LogP contribution in [0.5, 0.6) is 5.75 Å². The zero-order valence-corrected chi connectivity index (χ0v) is 14.0. The zero-order valence-electron chi connectivity index (χ0n) is 14.0. The predicted molar refractivity (Wildman–Crippen MR) is 87.4 cm³/mol. The summed E-state index contributed by atoms with van der Waals surface area (Å²) in [5, 5.41) is 2.99. The number of nitrogens with one attached hydrogen (secondary N) is 1. The standard InChI is InChI=1S/C18H25NO4/c1-12-6-4-9-16(13(12)2)19-17(20)11-23-18(21)14-7-5-8-15(10-14)22-3/h5,7-8,10,12-13,16H,4,6,9,11H2,1-3H3,(H,19,20)/t12-,13-,16+/m1/s1. The molecule has 5 nitrogen and oxygen atoms in total. The van der Waals surface area contributed by atoms with Crippen molar-refractivity contribution >= 4 is 11.9 Å². The van der Waals surface area contributed by atoms with Gasteiger partial charge >= 0.3 is 5.97 Å². The molecule has 23 heavy (non-hydrogen) atoms. The molecule has 1 N–H and O–H groups in total. The van der Waals surface area contributed by atoms with Gasteiger partial charge in [-0.05, 0) is 36.5 Å². The summed E-state index contributed by atoms with van der Waals surface area (Å²) in [6.45, 7) is 4.12. The molecule has 1 amide bonds. The van der Waals surface area contributed by atoms with Gasteiger partial charge in [0.05, 0.1) is 12.7 Å². The average molecular weight is 319 g/mol. The Balaban J connectivity index is 1.82. The van der Waals surface area contributed by atoms with E-state index in [-0.39, 0.29) is 18.6 Å². The third-order valence-electron chi connectivity index (χ3n) is 4.69. The molecule has 0 bridgehead atoms. The molecular formula is C18H25NO4. The lowest BCUT2D eigenvalue weighted by atomic mass is 9.78. The maximum Gasteiger partial charge on any atom is 0.338 e. The predicted octanol–water partition coefficient (Wildman–Crippen LogP) is 2.79. The highest BCUT2D eigenvalue weighted by Crippen LogP contribution is 2.29. The quantitative estimate of drug-likeness (QED) is 0.848. The van der Waals surface area contributed by atoms with E-state index >= 15 is 0 Å². The second-order valence-corrected chi connectivity index (χ2v) is 6.25. The van der Waals surface area contributed by atoms with Crippen molar-refractivity contribution in [2.45, 2.75) is 39.2 Å². The van der Waals surface area contributed by atoms with Gasteiger partial charge in [0.1, 0.15) is 5.75 Å². The highest BCUT2D eigenvalue weighted by molar-refractivity contribution is 5.91. The van der Waals surface area contributed by atoms with Crippen LogP contribution in [-0.2, 0) is 9.53 Å². The van der Waals surface area contributed by atoms with Gasteiger partial charge in [0.15, 0.2) is 6.61 Å². The Kier molecular flexibility index (Phi) is 6.02. The number of ether oxygens (including phenoxy) is 2. The van der Waals surface area contributed by atoms with Gasteiger partial charge in [-0.25, -0.2) is 4.79 Å². The number of carbonyl (C=O) groups is 2. The Morgan fingerprint density at radius 3 is 2.78 bits per heavy atom. The van der Waals surface area contributed by atoms with E-state index in [1.54, 1.807) is 24.3 Å². The summed E-state index contributed by atoms with van der Waals surface area (Å²) in [5.41, 5.74) is 0.372. The van der Waals surface area contributed by atoms with Gasteiger partial charge in [-0.15, -0.1) is 0 Å². The summed E-state index contributed by atoms with van der Waals surface area (Å²) in [4.78, 5) is 24.0. The molecular weight excluding hydrogens is 294 g/mol. The molecule has 2 rings (SSSR count). The van der Waals surface area contributed by atoms with Crippen LogP contribution in [0.25, 0.3) is 0 Å². The first kappa shape index (κ1) is 17.3. The van der Waals surface area contributed by atoms with Gasteiger partial charge in [-0.1, -0.05) is 32.8 Å². The number of methoxy groups -OCH3 is 1. The van der Waals surface area contributed by atoms with E-state index in [1.165, 1.54) is 13.5 Å². The van der Waals surface area contributed by atoms with Gasteiger partial charge in [-0.3, -0.25) is 4.79 Å². The normalized spacial score (nSPS) is 23.9. The molecule has 0 radical (unpaired) electrons. The molecule has 1 fully saturated rings. The molecule has 3 atom stereocenters. The minimum Gasteiger partial charge on any atom is -0.497 e. The summed E-state index contributed by atoms with van der Waals surface area (Å²) in [6.07, 6.45) is 3.32. The van der Waals surface area contributed by atoms with E-state index < -0.39 is 5.97 Å². The molecule has 0 aliphatic heterocycles. The molecule has 1 aromatic carbocycles. The van der Waals surface area contributed by atoms with E-state index in [0.717, 1.165) is 12.8 Å². The second kappa shape index (κ2) is 7.99. The van der Waals surface area contributed by atoms with Crippen molar-refractivity contribution in [3.05, 3.63) is 29.8 Å². The van der Waals surface area contributed by atoms with Gasteiger partial charge in [0.25, 0.3) is 5.91 Å². The minimum atomic E-state index is -0.524. The fraction of sp³-hybridized carbons (Fsp3) is 0.556. The Morgan fingerprint density at radius 2 is 2.04 bits per heavy atom. The number of carbonyl (C=O) groups excluding carboxylic acids is 2. The van der Waals surface area contributed by atoms with Crippen LogP contribution in [0.3, 0.4) is 0 Å². The van der Waals surface area contributed by atoms with E-state index in [1.807, 2.05) is 0 Å². The molecule has 1 aliphatic rings. The van der Waals surface area contributed by atoms with E-state index in [9.17, 15) is 9.59 Å². The number of esters is 1. The van der Waals surface area contributed by atoms with Gasteiger partial charge in [0.2, 0.25) is 0 Å². The van der Waals surface area contributed by atoms with E-state index in [2.05, 4.69) is 19.2 Å². The third-order valence-corrected chi connectivity index (χ3v) is 4.69. The fourth-order valence-electron chi connectivity index (χ4n) is 3.00. The van der Waals surface area contributed by atoms with Crippen LogP contribution in [0.4, 0.5) is 0 Å². The van der Waals surface area contributed by atoms with Crippen molar-refractivity contribution in [2.75, 3.05) is 13.7 Å². The number of rotatable bonds is 5. The number of hydrogen-bond acceptors (Lipinski definition) is 4. The Bertz CT molecular complexity index is 558. The molecule has 1 aliphatic carbocycles. The Labute approximate surface area is 137 Å². The van der Waals surface area contributed by atoms with Gasteiger partial charge in [-0.2, -0.15) is 0 Å². The van der Waals surface area contributed by atoms with Crippen LogP contribution in [-0.4, -0.2) is 31.6 Å². The molecule has 0 heterocycles. The van der Waals surface area contributed by atoms with Gasteiger partial charge in [0, 0.05) is 6.04 Å². The van der Waals surface area contributed by atoms with Crippen molar-refractivity contribution in [3.63, 3.8) is 0 Å². The van der Waals surface area contributed by atoms with E-state index in [0.29, 0.717) is 23.1 Å². The molecule has 0 unspecified atom stereocenters. The SMILES string of the molecule is COc1cccc(C(=O)OCC(=O)N[C@H]2CCC[C@@H](C)[C@H]2C)c1.